The number of phenols is 1. The molecule has 0 aliphatic carbocycles. The lowest BCUT2D eigenvalue weighted by atomic mass is 10.3. The Morgan fingerprint density at radius 2 is 2.42 bits per heavy atom. The van der Waals surface area contributed by atoms with Gasteiger partial charge in [-0.25, -0.2) is 0 Å². The molecule has 4 heteroatoms. The van der Waals surface area contributed by atoms with Crippen molar-refractivity contribution in [3.8, 4) is 11.5 Å². The van der Waals surface area contributed by atoms with Crippen LogP contribution in [0.1, 0.15) is 0 Å². The van der Waals surface area contributed by atoms with Crippen LogP contribution in [0.15, 0.2) is 18.2 Å². The van der Waals surface area contributed by atoms with Gasteiger partial charge in [-0.3, -0.25) is 4.79 Å². The summed E-state index contributed by atoms with van der Waals surface area (Å²) in [5.41, 5.74) is 0.645. The molecule has 62 valence electrons. The molecule has 1 aromatic rings. The first-order valence-corrected chi connectivity index (χ1v) is 3.51. The van der Waals surface area contributed by atoms with Gasteiger partial charge in [0, 0.05) is 6.07 Å². The molecular formula is C8H7NO3. The molecule has 0 aromatic heterocycles. The average molecular weight is 165 g/mol. The maximum absolute atomic E-state index is 10.3. The number of phenolic OH excluding ortho intramolecular Hbond substituents is 1. The van der Waals surface area contributed by atoms with Crippen molar-refractivity contribution in [3.63, 3.8) is 0 Å². The van der Waals surface area contributed by atoms with Crippen LogP contribution in [0.25, 0.3) is 0 Å². The first-order valence-electron chi connectivity index (χ1n) is 3.51. The average Bonchev–Trinajstić information content (AvgIpc) is 2.46. The largest absolute Gasteiger partial charge is 0.508 e. The Hall–Kier alpha value is -1.71. The third-order valence-electron chi connectivity index (χ3n) is 1.64. The molecule has 0 radical (unpaired) electrons. The molecule has 1 unspecified atom stereocenters. The van der Waals surface area contributed by atoms with Gasteiger partial charge in [0.2, 0.25) is 6.23 Å². The van der Waals surface area contributed by atoms with Crippen molar-refractivity contribution in [3.05, 3.63) is 18.2 Å². The lowest BCUT2D eigenvalue weighted by molar-refractivity contribution is -0.112. The number of nitrogens with one attached hydrogen (secondary N) is 1. The third-order valence-corrected chi connectivity index (χ3v) is 1.64. The molecular weight excluding hydrogens is 158 g/mol. The van der Waals surface area contributed by atoms with Gasteiger partial charge in [-0.2, -0.15) is 0 Å². The molecule has 0 saturated heterocycles. The number of ether oxygens (including phenoxy) is 1. The second-order valence-corrected chi connectivity index (χ2v) is 2.50. The minimum Gasteiger partial charge on any atom is -0.508 e. The van der Waals surface area contributed by atoms with Gasteiger partial charge in [-0.05, 0) is 12.1 Å². The van der Waals surface area contributed by atoms with Gasteiger partial charge in [0.25, 0.3) is 0 Å². The predicted octanol–water partition coefficient (Wildman–Crippen LogP) is 0.721. The number of carbonyl (C=O) groups excluding carboxylic acids is 1. The SMILES string of the molecule is O=CC1Nc2cc(O)ccc2O1. The zero-order chi connectivity index (χ0) is 8.55. The second-order valence-electron chi connectivity index (χ2n) is 2.50. The Kier molecular flexibility index (Phi) is 1.40. The van der Waals surface area contributed by atoms with E-state index in [0.717, 1.165) is 0 Å². The minimum atomic E-state index is -0.623. The van der Waals surface area contributed by atoms with E-state index in [9.17, 15) is 4.79 Å². The first kappa shape index (κ1) is 6.97. The van der Waals surface area contributed by atoms with E-state index in [4.69, 9.17) is 9.84 Å². The Labute approximate surface area is 68.8 Å². The molecule has 0 amide bonds. The van der Waals surface area contributed by atoms with Crippen LogP contribution in [0, 0.1) is 0 Å². The van der Waals surface area contributed by atoms with Crippen molar-refractivity contribution in [1.82, 2.24) is 0 Å². The molecule has 1 aromatic carbocycles. The second kappa shape index (κ2) is 2.41. The van der Waals surface area contributed by atoms with Gasteiger partial charge in [0.05, 0.1) is 5.69 Å². The summed E-state index contributed by atoms with van der Waals surface area (Å²) < 4.78 is 5.12. The Morgan fingerprint density at radius 3 is 3.17 bits per heavy atom. The maximum atomic E-state index is 10.3. The van der Waals surface area contributed by atoms with Crippen molar-refractivity contribution in [2.24, 2.45) is 0 Å². The fourth-order valence-electron chi connectivity index (χ4n) is 1.11. The van der Waals surface area contributed by atoms with Gasteiger partial charge in [-0.1, -0.05) is 0 Å². The number of aromatic hydroxyl groups is 1. The molecule has 12 heavy (non-hydrogen) atoms. The number of hydrogen-bond acceptors (Lipinski definition) is 4. The standard InChI is InChI=1S/C8H7NO3/c10-4-8-9-6-3-5(11)1-2-7(6)12-8/h1-4,8-9,11H. The van der Waals surface area contributed by atoms with E-state index in [-0.39, 0.29) is 5.75 Å². The van der Waals surface area contributed by atoms with Crippen LogP contribution in [0.4, 0.5) is 5.69 Å². The van der Waals surface area contributed by atoms with E-state index in [1.54, 1.807) is 6.07 Å². The zero-order valence-electron chi connectivity index (χ0n) is 6.15. The van der Waals surface area contributed by atoms with Crippen molar-refractivity contribution in [1.29, 1.82) is 0 Å². The summed E-state index contributed by atoms with van der Waals surface area (Å²) in [6.07, 6.45) is 0.0404. The number of benzene rings is 1. The summed E-state index contributed by atoms with van der Waals surface area (Å²) in [4.78, 5) is 10.3. The number of fused-ring (bicyclic) bond motifs is 1. The molecule has 2 N–H and O–H groups in total. The van der Waals surface area contributed by atoms with Gasteiger partial charge >= 0.3 is 0 Å². The molecule has 0 fully saturated rings. The minimum absolute atomic E-state index is 0.149. The normalized spacial score (nSPS) is 19.2. The lowest BCUT2D eigenvalue weighted by Gasteiger charge is -1.99. The lowest BCUT2D eigenvalue weighted by Crippen LogP contribution is -2.20. The number of carbonyl (C=O) groups is 1. The van der Waals surface area contributed by atoms with E-state index in [1.165, 1.54) is 12.1 Å². The van der Waals surface area contributed by atoms with Crippen molar-refractivity contribution in [2.45, 2.75) is 6.23 Å². The maximum Gasteiger partial charge on any atom is 0.226 e. The summed E-state index contributed by atoms with van der Waals surface area (Å²) in [6.45, 7) is 0. The molecule has 2 rings (SSSR count). The van der Waals surface area contributed by atoms with Crippen molar-refractivity contribution < 1.29 is 14.6 Å². The summed E-state index contributed by atoms with van der Waals surface area (Å²) in [7, 11) is 0. The highest BCUT2D eigenvalue weighted by molar-refractivity contribution is 5.71. The van der Waals surface area contributed by atoms with Crippen LogP contribution in [-0.4, -0.2) is 17.6 Å². The van der Waals surface area contributed by atoms with Crippen LogP contribution < -0.4 is 10.1 Å². The first-order chi connectivity index (χ1) is 5.79. The molecule has 0 bridgehead atoms. The summed E-state index contributed by atoms with van der Waals surface area (Å²) in [6, 6.07) is 4.63. The predicted molar refractivity (Wildman–Crippen MR) is 42.2 cm³/mol. The molecule has 1 heterocycles. The summed E-state index contributed by atoms with van der Waals surface area (Å²) >= 11 is 0. The van der Waals surface area contributed by atoms with E-state index >= 15 is 0 Å². The highest BCUT2D eigenvalue weighted by Crippen LogP contribution is 2.33. The van der Waals surface area contributed by atoms with Crippen LogP contribution >= 0.6 is 0 Å². The van der Waals surface area contributed by atoms with E-state index in [1.807, 2.05) is 0 Å². The van der Waals surface area contributed by atoms with E-state index in [2.05, 4.69) is 5.32 Å². The Morgan fingerprint density at radius 1 is 1.58 bits per heavy atom. The number of aldehydes is 1. The van der Waals surface area contributed by atoms with Crippen LogP contribution in [0.5, 0.6) is 11.5 Å². The number of rotatable bonds is 1. The van der Waals surface area contributed by atoms with Crippen molar-refractivity contribution >= 4 is 12.0 Å². The van der Waals surface area contributed by atoms with Gasteiger partial charge in [0.15, 0.2) is 6.29 Å². The van der Waals surface area contributed by atoms with Gasteiger partial charge in [0.1, 0.15) is 11.5 Å². The zero-order valence-corrected chi connectivity index (χ0v) is 6.15. The fourth-order valence-corrected chi connectivity index (χ4v) is 1.11. The molecule has 0 spiro atoms. The van der Waals surface area contributed by atoms with Crippen LogP contribution in [-0.2, 0) is 4.79 Å². The van der Waals surface area contributed by atoms with Crippen LogP contribution in [0.2, 0.25) is 0 Å². The third kappa shape index (κ3) is 0.972. The highest BCUT2D eigenvalue weighted by atomic mass is 16.5. The number of hydrogen-bond donors (Lipinski definition) is 2. The molecule has 1 aliphatic rings. The molecule has 0 saturated carbocycles. The van der Waals surface area contributed by atoms with E-state index in [0.29, 0.717) is 17.7 Å². The monoisotopic (exact) mass is 165 g/mol. The smallest absolute Gasteiger partial charge is 0.226 e. The number of anilines is 1. The van der Waals surface area contributed by atoms with Gasteiger partial charge < -0.3 is 15.2 Å². The fraction of sp³-hybridized carbons (Fsp3) is 0.125. The summed E-state index contributed by atoms with van der Waals surface area (Å²) in [5.74, 6) is 0.737. The quantitative estimate of drug-likeness (QED) is 0.602. The molecule has 4 nitrogen and oxygen atoms in total. The topological polar surface area (TPSA) is 58.6 Å². The Bertz CT molecular complexity index is 324. The van der Waals surface area contributed by atoms with Crippen LogP contribution in [0.3, 0.4) is 0 Å². The molecule has 1 atom stereocenters. The van der Waals surface area contributed by atoms with Gasteiger partial charge in [-0.15, -0.1) is 0 Å². The Balaban J connectivity index is 2.35. The van der Waals surface area contributed by atoms with Crippen molar-refractivity contribution in [2.75, 3.05) is 5.32 Å². The van der Waals surface area contributed by atoms with E-state index < -0.39 is 6.23 Å². The summed E-state index contributed by atoms with van der Waals surface area (Å²) in [5, 5.41) is 11.8. The highest BCUT2D eigenvalue weighted by Gasteiger charge is 2.20. The molecule has 1 aliphatic heterocycles.